The first-order chi connectivity index (χ1) is 10.4. The Labute approximate surface area is 134 Å². The fourth-order valence-corrected chi connectivity index (χ4v) is 3.23. The summed E-state index contributed by atoms with van der Waals surface area (Å²) in [6.45, 7) is 11.2. The Morgan fingerprint density at radius 2 is 1.86 bits per heavy atom. The molecule has 0 spiro atoms. The number of rotatable bonds is 5. The first-order valence-electron chi connectivity index (χ1n) is 8.58. The highest BCUT2D eigenvalue weighted by atomic mass is 16.5. The summed E-state index contributed by atoms with van der Waals surface area (Å²) in [5.41, 5.74) is 0. The second kappa shape index (κ2) is 7.44. The third kappa shape index (κ3) is 4.22. The van der Waals surface area contributed by atoms with Gasteiger partial charge in [0.25, 0.3) is 0 Å². The zero-order valence-electron chi connectivity index (χ0n) is 14.4. The van der Waals surface area contributed by atoms with Crippen molar-refractivity contribution in [3.8, 4) is 0 Å². The molecule has 2 saturated heterocycles. The maximum absolute atomic E-state index is 12.6. The molecule has 1 atom stereocenters. The lowest BCUT2D eigenvalue weighted by atomic mass is 10.0. The Bertz CT molecular complexity index is 401. The summed E-state index contributed by atoms with van der Waals surface area (Å²) in [5, 5.41) is 0. The number of nitrogens with zero attached hydrogens (tertiary/aromatic N) is 2. The van der Waals surface area contributed by atoms with E-state index in [1.54, 1.807) is 0 Å². The normalized spacial score (nSPS) is 23.9. The smallest absolute Gasteiger partial charge is 0.227 e. The van der Waals surface area contributed by atoms with Crippen molar-refractivity contribution in [2.24, 2.45) is 11.8 Å². The van der Waals surface area contributed by atoms with Gasteiger partial charge in [0.1, 0.15) is 0 Å². The van der Waals surface area contributed by atoms with Crippen LogP contribution < -0.4 is 0 Å². The standard InChI is InChI=1S/C17H30N2O3/c1-12(2)11-22-15-5-7-18(8-6-15)17(21)14-9-16(20)19(10-14)13(3)4/h12-15H,5-11H2,1-4H3. The molecule has 2 aliphatic heterocycles. The van der Waals surface area contributed by atoms with E-state index in [1.165, 1.54) is 0 Å². The summed E-state index contributed by atoms with van der Waals surface area (Å²) < 4.78 is 5.86. The Balaban J connectivity index is 1.79. The Morgan fingerprint density at radius 1 is 1.23 bits per heavy atom. The van der Waals surface area contributed by atoms with Gasteiger partial charge in [0.05, 0.1) is 12.0 Å². The van der Waals surface area contributed by atoms with E-state index in [0.717, 1.165) is 32.5 Å². The molecule has 5 nitrogen and oxygen atoms in total. The molecule has 0 aromatic rings. The average molecular weight is 310 g/mol. The molecule has 2 rings (SSSR count). The topological polar surface area (TPSA) is 49.9 Å². The third-order valence-corrected chi connectivity index (χ3v) is 4.55. The fourth-order valence-electron chi connectivity index (χ4n) is 3.23. The maximum atomic E-state index is 12.6. The molecule has 1 unspecified atom stereocenters. The minimum absolute atomic E-state index is 0.114. The SMILES string of the molecule is CC(C)COC1CCN(C(=O)C2CC(=O)N(C(C)C)C2)CC1. The van der Waals surface area contributed by atoms with Gasteiger partial charge in [-0.05, 0) is 32.6 Å². The maximum Gasteiger partial charge on any atom is 0.227 e. The van der Waals surface area contributed by atoms with E-state index < -0.39 is 0 Å². The molecular formula is C17H30N2O3. The van der Waals surface area contributed by atoms with Crippen molar-refractivity contribution in [2.45, 2.75) is 59.1 Å². The predicted octanol–water partition coefficient (Wildman–Crippen LogP) is 1.91. The quantitative estimate of drug-likeness (QED) is 0.779. The molecule has 0 aliphatic carbocycles. The third-order valence-electron chi connectivity index (χ3n) is 4.55. The molecule has 22 heavy (non-hydrogen) atoms. The number of carbonyl (C=O) groups excluding carboxylic acids is 2. The van der Waals surface area contributed by atoms with Crippen LogP contribution in [0.15, 0.2) is 0 Å². The number of amides is 2. The lowest BCUT2D eigenvalue weighted by Crippen LogP contribution is -2.44. The molecule has 0 aromatic heterocycles. The molecule has 0 N–H and O–H groups in total. The second-order valence-electron chi connectivity index (χ2n) is 7.29. The minimum Gasteiger partial charge on any atom is -0.378 e. The highest BCUT2D eigenvalue weighted by molar-refractivity contribution is 5.89. The second-order valence-corrected chi connectivity index (χ2v) is 7.29. The Hall–Kier alpha value is -1.10. The summed E-state index contributed by atoms with van der Waals surface area (Å²) in [6.07, 6.45) is 2.48. The van der Waals surface area contributed by atoms with Crippen molar-refractivity contribution >= 4 is 11.8 Å². The number of piperidine rings is 1. The lowest BCUT2D eigenvalue weighted by Gasteiger charge is -2.33. The van der Waals surface area contributed by atoms with Gasteiger partial charge >= 0.3 is 0 Å². The van der Waals surface area contributed by atoms with Crippen molar-refractivity contribution in [1.29, 1.82) is 0 Å². The van der Waals surface area contributed by atoms with Gasteiger partial charge in [-0.3, -0.25) is 9.59 Å². The van der Waals surface area contributed by atoms with E-state index in [-0.39, 0.29) is 29.9 Å². The summed E-state index contributed by atoms with van der Waals surface area (Å²) >= 11 is 0. The van der Waals surface area contributed by atoms with Crippen LogP contribution in [0.25, 0.3) is 0 Å². The zero-order chi connectivity index (χ0) is 16.3. The number of hydrogen-bond donors (Lipinski definition) is 0. The van der Waals surface area contributed by atoms with Crippen LogP contribution in [0, 0.1) is 11.8 Å². The summed E-state index contributed by atoms with van der Waals surface area (Å²) in [7, 11) is 0. The number of carbonyl (C=O) groups is 2. The van der Waals surface area contributed by atoms with E-state index in [1.807, 2.05) is 23.6 Å². The first-order valence-corrected chi connectivity index (χ1v) is 8.58. The Kier molecular flexibility index (Phi) is 5.84. The molecule has 0 saturated carbocycles. The molecule has 2 amide bonds. The summed E-state index contributed by atoms with van der Waals surface area (Å²) in [6, 6.07) is 0.181. The van der Waals surface area contributed by atoms with Crippen molar-refractivity contribution in [3.05, 3.63) is 0 Å². The van der Waals surface area contributed by atoms with Gasteiger partial charge in [0.15, 0.2) is 0 Å². The van der Waals surface area contributed by atoms with Crippen LogP contribution >= 0.6 is 0 Å². The van der Waals surface area contributed by atoms with Gasteiger partial charge in [-0.15, -0.1) is 0 Å². The van der Waals surface area contributed by atoms with Crippen LogP contribution in [0.2, 0.25) is 0 Å². The molecule has 0 aromatic carbocycles. The number of hydrogen-bond acceptors (Lipinski definition) is 3. The van der Waals surface area contributed by atoms with Crippen molar-refractivity contribution in [1.82, 2.24) is 9.80 Å². The molecular weight excluding hydrogens is 280 g/mol. The molecule has 5 heteroatoms. The fraction of sp³-hybridized carbons (Fsp3) is 0.882. The summed E-state index contributed by atoms with van der Waals surface area (Å²) in [4.78, 5) is 28.3. The monoisotopic (exact) mass is 310 g/mol. The molecule has 2 fully saturated rings. The largest absolute Gasteiger partial charge is 0.378 e. The molecule has 2 aliphatic rings. The van der Waals surface area contributed by atoms with Gasteiger partial charge in [0.2, 0.25) is 11.8 Å². The van der Waals surface area contributed by atoms with E-state index in [2.05, 4.69) is 13.8 Å². The van der Waals surface area contributed by atoms with Crippen molar-refractivity contribution < 1.29 is 14.3 Å². The predicted molar refractivity (Wildman–Crippen MR) is 85.3 cm³/mol. The van der Waals surface area contributed by atoms with Crippen LogP contribution in [-0.2, 0) is 14.3 Å². The minimum atomic E-state index is -0.150. The lowest BCUT2D eigenvalue weighted by molar-refractivity contribution is -0.138. The van der Waals surface area contributed by atoms with Crippen LogP contribution in [0.5, 0.6) is 0 Å². The van der Waals surface area contributed by atoms with Crippen molar-refractivity contribution in [3.63, 3.8) is 0 Å². The van der Waals surface area contributed by atoms with Crippen LogP contribution in [0.4, 0.5) is 0 Å². The van der Waals surface area contributed by atoms with E-state index in [9.17, 15) is 9.59 Å². The zero-order valence-corrected chi connectivity index (χ0v) is 14.4. The highest BCUT2D eigenvalue weighted by Crippen LogP contribution is 2.24. The Morgan fingerprint density at radius 3 is 2.36 bits per heavy atom. The molecule has 0 bridgehead atoms. The summed E-state index contributed by atoms with van der Waals surface area (Å²) in [5.74, 6) is 0.663. The molecule has 126 valence electrons. The number of ether oxygens (including phenoxy) is 1. The van der Waals surface area contributed by atoms with Gasteiger partial charge in [-0.25, -0.2) is 0 Å². The number of likely N-dealkylation sites (tertiary alicyclic amines) is 2. The molecule has 0 radical (unpaired) electrons. The van der Waals surface area contributed by atoms with Gasteiger partial charge in [0, 0.05) is 38.7 Å². The van der Waals surface area contributed by atoms with Gasteiger partial charge < -0.3 is 14.5 Å². The van der Waals surface area contributed by atoms with Gasteiger partial charge in [-0.2, -0.15) is 0 Å². The van der Waals surface area contributed by atoms with E-state index in [4.69, 9.17) is 4.74 Å². The van der Waals surface area contributed by atoms with Gasteiger partial charge in [-0.1, -0.05) is 13.8 Å². The van der Waals surface area contributed by atoms with E-state index in [0.29, 0.717) is 18.9 Å². The van der Waals surface area contributed by atoms with Crippen LogP contribution in [0.3, 0.4) is 0 Å². The van der Waals surface area contributed by atoms with Crippen molar-refractivity contribution in [2.75, 3.05) is 26.2 Å². The van der Waals surface area contributed by atoms with Crippen LogP contribution in [-0.4, -0.2) is 60.0 Å². The van der Waals surface area contributed by atoms with Crippen LogP contribution in [0.1, 0.15) is 47.0 Å². The first kappa shape index (κ1) is 17.3. The van der Waals surface area contributed by atoms with E-state index >= 15 is 0 Å². The average Bonchev–Trinajstić information content (AvgIpc) is 2.87. The molecule has 2 heterocycles. The highest BCUT2D eigenvalue weighted by Gasteiger charge is 2.38.